The zero-order chi connectivity index (χ0) is 17.4. The van der Waals surface area contributed by atoms with Gasteiger partial charge in [0, 0.05) is 12.6 Å². The third-order valence-corrected chi connectivity index (χ3v) is 4.97. The number of benzene rings is 1. The Kier molecular flexibility index (Phi) is 4.32. The average Bonchev–Trinajstić information content (AvgIpc) is 3.10. The normalized spacial score (nSPS) is 20.4. The number of aliphatic carboxylic acids is 1. The van der Waals surface area contributed by atoms with Crippen LogP contribution in [0, 0.1) is 12.8 Å². The number of carbonyl (C=O) groups is 2. The zero-order valence-electron chi connectivity index (χ0n) is 13.4. The van der Waals surface area contributed by atoms with Crippen LogP contribution in [0.5, 0.6) is 0 Å². The highest BCUT2D eigenvalue weighted by atomic mass is 35.5. The van der Waals surface area contributed by atoms with Crippen LogP contribution in [-0.2, 0) is 4.79 Å². The molecular formula is C17H18ClN3O3. The lowest BCUT2D eigenvalue weighted by Crippen LogP contribution is -2.37. The van der Waals surface area contributed by atoms with Gasteiger partial charge in [-0.15, -0.1) is 0 Å². The summed E-state index contributed by atoms with van der Waals surface area (Å²) in [5, 5.41) is 14.1. The number of carbonyl (C=O) groups excluding carboxylic acids is 1. The minimum absolute atomic E-state index is 0.193. The molecule has 1 amide bonds. The molecule has 0 aliphatic carbocycles. The summed E-state index contributed by atoms with van der Waals surface area (Å²) in [4.78, 5) is 25.7. The molecule has 2 heterocycles. The van der Waals surface area contributed by atoms with E-state index in [1.54, 1.807) is 29.5 Å². The molecule has 0 spiro atoms. The minimum atomic E-state index is -0.860. The standard InChI is InChI=1S/C17H18ClN3O3/c1-10-12(17(23)24)7-8-20(10)16(22)13-9-19-21(11(13)2)15-6-4-3-5-14(15)18/h3-6,9-10,12H,7-8H2,1-2H3,(H,23,24). The van der Waals surface area contributed by atoms with E-state index in [1.165, 1.54) is 6.20 Å². The molecule has 2 atom stereocenters. The maximum Gasteiger partial charge on any atom is 0.308 e. The van der Waals surface area contributed by atoms with Crippen molar-refractivity contribution in [2.45, 2.75) is 26.3 Å². The lowest BCUT2D eigenvalue weighted by Gasteiger charge is -2.23. The molecule has 6 nitrogen and oxygen atoms in total. The van der Waals surface area contributed by atoms with Crippen LogP contribution < -0.4 is 0 Å². The van der Waals surface area contributed by atoms with Gasteiger partial charge < -0.3 is 10.0 Å². The van der Waals surface area contributed by atoms with E-state index in [4.69, 9.17) is 11.6 Å². The number of aromatic nitrogens is 2. The topological polar surface area (TPSA) is 75.4 Å². The molecule has 1 fully saturated rings. The van der Waals surface area contributed by atoms with Crippen LogP contribution in [-0.4, -0.2) is 44.3 Å². The quantitative estimate of drug-likeness (QED) is 0.926. The molecule has 0 saturated carbocycles. The number of hydrogen-bond acceptors (Lipinski definition) is 3. The maximum atomic E-state index is 12.8. The predicted molar refractivity (Wildman–Crippen MR) is 89.6 cm³/mol. The molecule has 24 heavy (non-hydrogen) atoms. The van der Waals surface area contributed by atoms with Gasteiger partial charge in [0.15, 0.2) is 0 Å². The van der Waals surface area contributed by atoms with Gasteiger partial charge >= 0.3 is 5.97 Å². The molecule has 1 N–H and O–H groups in total. The van der Waals surface area contributed by atoms with E-state index < -0.39 is 11.9 Å². The monoisotopic (exact) mass is 347 g/mol. The molecule has 1 aliphatic rings. The Bertz CT molecular complexity index is 802. The van der Waals surface area contributed by atoms with E-state index >= 15 is 0 Å². The van der Waals surface area contributed by atoms with Crippen molar-refractivity contribution in [2.24, 2.45) is 5.92 Å². The second-order valence-electron chi connectivity index (χ2n) is 5.98. The fraction of sp³-hybridized carbons (Fsp3) is 0.353. The van der Waals surface area contributed by atoms with Gasteiger partial charge in [-0.3, -0.25) is 9.59 Å². The number of halogens is 1. The molecule has 0 radical (unpaired) electrons. The molecule has 2 unspecified atom stereocenters. The van der Waals surface area contributed by atoms with Crippen LogP contribution >= 0.6 is 11.6 Å². The summed E-state index contributed by atoms with van der Waals surface area (Å²) >= 11 is 6.20. The van der Waals surface area contributed by atoms with Crippen molar-refractivity contribution in [3.63, 3.8) is 0 Å². The molecule has 3 rings (SSSR count). The van der Waals surface area contributed by atoms with Crippen molar-refractivity contribution in [2.75, 3.05) is 6.54 Å². The number of rotatable bonds is 3. The summed E-state index contributed by atoms with van der Waals surface area (Å²) in [5.74, 6) is -1.57. The van der Waals surface area contributed by atoms with E-state index in [0.29, 0.717) is 34.9 Å². The van der Waals surface area contributed by atoms with Gasteiger partial charge in [0.1, 0.15) is 0 Å². The second kappa shape index (κ2) is 6.28. The second-order valence-corrected chi connectivity index (χ2v) is 6.39. The predicted octanol–water partition coefficient (Wildman–Crippen LogP) is 2.77. The number of nitrogens with zero attached hydrogens (tertiary/aromatic N) is 3. The largest absolute Gasteiger partial charge is 0.481 e. The van der Waals surface area contributed by atoms with Gasteiger partial charge in [0.25, 0.3) is 5.91 Å². The molecular weight excluding hydrogens is 330 g/mol. The number of para-hydroxylation sites is 1. The Morgan fingerprint density at radius 3 is 2.67 bits per heavy atom. The van der Waals surface area contributed by atoms with Crippen LogP contribution in [0.3, 0.4) is 0 Å². The first-order valence-corrected chi connectivity index (χ1v) is 8.13. The molecule has 1 aromatic carbocycles. The summed E-state index contributed by atoms with van der Waals surface area (Å²) in [6, 6.07) is 6.94. The summed E-state index contributed by atoms with van der Waals surface area (Å²) in [7, 11) is 0. The highest BCUT2D eigenvalue weighted by molar-refractivity contribution is 6.32. The Morgan fingerprint density at radius 2 is 2.04 bits per heavy atom. The van der Waals surface area contributed by atoms with Crippen LogP contribution in [0.4, 0.5) is 0 Å². The summed E-state index contributed by atoms with van der Waals surface area (Å²) in [5.41, 5.74) is 1.85. The highest BCUT2D eigenvalue weighted by Crippen LogP contribution is 2.28. The maximum absolute atomic E-state index is 12.8. The molecule has 7 heteroatoms. The summed E-state index contributed by atoms with van der Waals surface area (Å²) in [6.07, 6.45) is 1.99. The number of hydrogen-bond donors (Lipinski definition) is 1. The van der Waals surface area contributed by atoms with Crippen molar-refractivity contribution in [1.82, 2.24) is 14.7 Å². The Balaban J connectivity index is 1.91. The zero-order valence-corrected chi connectivity index (χ0v) is 14.2. The first-order valence-electron chi connectivity index (χ1n) is 7.75. The summed E-state index contributed by atoms with van der Waals surface area (Å²) in [6.45, 7) is 4.02. The Morgan fingerprint density at radius 1 is 1.33 bits per heavy atom. The fourth-order valence-corrected chi connectivity index (χ4v) is 3.41. The van der Waals surface area contributed by atoms with E-state index in [2.05, 4.69) is 5.10 Å². The van der Waals surface area contributed by atoms with Crippen molar-refractivity contribution >= 4 is 23.5 Å². The first-order chi connectivity index (χ1) is 11.4. The lowest BCUT2D eigenvalue weighted by atomic mass is 10.0. The first kappa shape index (κ1) is 16.5. The molecule has 2 aromatic rings. The van der Waals surface area contributed by atoms with Gasteiger partial charge in [-0.2, -0.15) is 5.10 Å². The van der Waals surface area contributed by atoms with Crippen molar-refractivity contribution in [1.29, 1.82) is 0 Å². The van der Waals surface area contributed by atoms with Crippen molar-refractivity contribution in [3.05, 3.63) is 46.7 Å². The van der Waals surface area contributed by atoms with Gasteiger partial charge in [0.05, 0.1) is 34.1 Å². The van der Waals surface area contributed by atoms with E-state index in [0.717, 1.165) is 0 Å². The third-order valence-electron chi connectivity index (χ3n) is 4.65. The van der Waals surface area contributed by atoms with Gasteiger partial charge in [-0.05, 0) is 32.4 Å². The third kappa shape index (κ3) is 2.67. The van der Waals surface area contributed by atoms with Crippen LogP contribution in [0.15, 0.2) is 30.5 Å². The van der Waals surface area contributed by atoms with Crippen molar-refractivity contribution < 1.29 is 14.7 Å². The Hall–Kier alpha value is -2.34. The van der Waals surface area contributed by atoms with Crippen LogP contribution in [0.25, 0.3) is 5.69 Å². The van der Waals surface area contributed by atoms with Crippen molar-refractivity contribution in [3.8, 4) is 5.69 Å². The fourth-order valence-electron chi connectivity index (χ4n) is 3.20. The number of amides is 1. The lowest BCUT2D eigenvalue weighted by molar-refractivity contribution is -0.142. The van der Waals surface area contributed by atoms with E-state index in [1.807, 2.05) is 18.2 Å². The number of likely N-dealkylation sites (tertiary alicyclic amines) is 1. The molecule has 1 saturated heterocycles. The van der Waals surface area contributed by atoms with Gasteiger partial charge in [-0.25, -0.2) is 4.68 Å². The van der Waals surface area contributed by atoms with Gasteiger partial charge in [0.2, 0.25) is 0 Å². The molecule has 0 bridgehead atoms. The molecule has 126 valence electrons. The average molecular weight is 348 g/mol. The Labute approximate surface area is 144 Å². The summed E-state index contributed by atoms with van der Waals surface area (Å²) < 4.78 is 1.63. The molecule has 1 aromatic heterocycles. The van der Waals surface area contributed by atoms with Crippen LogP contribution in [0.1, 0.15) is 29.4 Å². The van der Waals surface area contributed by atoms with E-state index in [-0.39, 0.29) is 11.9 Å². The minimum Gasteiger partial charge on any atom is -0.481 e. The SMILES string of the molecule is Cc1c(C(=O)N2CCC(C(=O)O)C2C)cnn1-c1ccccc1Cl. The smallest absolute Gasteiger partial charge is 0.308 e. The highest BCUT2D eigenvalue weighted by Gasteiger charge is 2.39. The van der Waals surface area contributed by atoms with Gasteiger partial charge in [-0.1, -0.05) is 23.7 Å². The molecule has 1 aliphatic heterocycles. The van der Waals surface area contributed by atoms with Crippen LogP contribution in [0.2, 0.25) is 5.02 Å². The van der Waals surface area contributed by atoms with E-state index in [9.17, 15) is 14.7 Å². The number of carboxylic acids is 1. The number of carboxylic acid groups (broad SMARTS) is 1.